The second-order valence-corrected chi connectivity index (χ2v) is 11.7. The fourth-order valence-electron chi connectivity index (χ4n) is 2.76. The molecule has 1 aromatic rings. The third kappa shape index (κ3) is 5.91. The van der Waals surface area contributed by atoms with Crippen molar-refractivity contribution in [3.63, 3.8) is 0 Å². The van der Waals surface area contributed by atoms with Crippen LogP contribution in [0.15, 0.2) is 30.3 Å². The number of hydrogen-bond acceptors (Lipinski definition) is 3. The van der Waals surface area contributed by atoms with Crippen LogP contribution in [0.25, 0.3) is 6.08 Å². The van der Waals surface area contributed by atoms with Crippen LogP contribution in [-0.2, 0) is 15.6 Å². The summed E-state index contributed by atoms with van der Waals surface area (Å²) in [5.74, 6) is -0.307. The van der Waals surface area contributed by atoms with Crippen molar-refractivity contribution >= 4 is 20.4 Å². The largest absolute Gasteiger partial charge is 0.463 e. The number of unbranched alkanes of at least 4 members (excludes halogenated alkanes) is 1. The minimum absolute atomic E-state index is 0.286. The average molecular weight is 349 g/mol. The van der Waals surface area contributed by atoms with Crippen LogP contribution in [-0.4, -0.2) is 25.7 Å². The van der Waals surface area contributed by atoms with Crippen molar-refractivity contribution in [3.8, 4) is 0 Å². The minimum atomic E-state index is -2.41. The highest BCUT2D eigenvalue weighted by Gasteiger charge is 2.38. The highest BCUT2D eigenvalue weighted by Crippen LogP contribution is 2.33. The van der Waals surface area contributed by atoms with Crippen molar-refractivity contribution in [1.82, 2.24) is 0 Å². The van der Waals surface area contributed by atoms with Crippen LogP contribution in [0.3, 0.4) is 0 Å². The van der Waals surface area contributed by atoms with E-state index in [0.717, 1.165) is 24.0 Å². The van der Waals surface area contributed by atoms with Gasteiger partial charge in [-0.25, -0.2) is 4.79 Å². The van der Waals surface area contributed by atoms with Gasteiger partial charge in [0.25, 0.3) is 0 Å². The number of carbonyl (C=O) groups excluding carboxylic acids is 1. The lowest BCUT2D eigenvalue weighted by Gasteiger charge is -2.33. The molecule has 1 N–H and O–H groups in total. The third-order valence-corrected chi connectivity index (χ3v) is 9.62. The van der Waals surface area contributed by atoms with E-state index in [4.69, 9.17) is 4.74 Å². The van der Waals surface area contributed by atoms with Crippen molar-refractivity contribution in [2.45, 2.75) is 64.6 Å². The van der Waals surface area contributed by atoms with Gasteiger partial charge in [-0.3, -0.25) is 0 Å². The van der Waals surface area contributed by atoms with Crippen molar-refractivity contribution in [3.05, 3.63) is 41.5 Å². The summed E-state index contributed by atoms with van der Waals surface area (Å²) < 4.78 is 5.15. The number of benzene rings is 1. The van der Waals surface area contributed by atoms with Crippen molar-refractivity contribution < 1.29 is 14.3 Å². The molecule has 0 aliphatic heterocycles. The van der Waals surface area contributed by atoms with Gasteiger partial charge in [-0.1, -0.05) is 65.3 Å². The zero-order valence-electron chi connectivity index (χ0n) is 15.7. The normalized spacial score (nSPS) is 12.3. The summed E-state index contributed by atoms with van der Waals surface area (Å²) in [7, 11) is -2.41. The number of carbonyl (C=O) groups is 1. The van der Waals surface area contributed by atoms with Crippen LogP contribution in [0, 0.1) is 0 Å². The van der Waals surface area contributed by atoms with Gasteiger partial charge in [-0.05, 0) is 40.8 Å². The summed E-state index contributed by atoms with van der Waals surface area (Å²) in [4.78, 5) is 22.9. The van der Waals surface area contributed by atoms with Crippen molar-refractivity contribution in [1.29, 1.82) is 0 Å². The van der Waals surface area contributed by atoms with Gasteiger partial charge in [0, 0.05) is 6.08 Å². The van der Waals surface area contributed by atoms with E-state index in [1.54, 1.807) is 6.08 Å². The second kappa shape index (κ2) is 9.79. The maximum absolute atomic E-state index is 11.8. The first-order valence-electron chi connectivity index (χ1n) is 8.96. The zero-order chi connectivity index (χ0) is 18.2. The highest BCUT2D eigenvalue weighted by molar-refractivity contribution is 6.74. The van der Waals surface area contributed by atoms with Crippen LogP contribution in [0.4, 0.5) is 0 Å². The maximum Gasteiger partial charge on any atom is 0.330 e. The van der Waals surface area contributed by atoms with E-state index < -0.39 is 8.32 Å². The Labute approximate surface area is 147 Å². The van der Waals surface area contributed by atoms with Crippen LogP contribution in [0.1, 0.15) is 58.6 Å². The Kier molecular flexibility index (Phi) is 8.43. The molecule has 0 fully saturated rings. The summed E-state index contributed by atoms with van der Waals surface area (Å²) in [5.41, 5.74) is 2.66. The fourth-order valence-corrected chi connectivity index (χ4v) is 5.84. The van der Waals surface area contributed by atoms with E-state index in [0.29, 0.717) is 12.7 Å². The van der Waals surface area contributed by atoms with E-state index >= 15 is 0 Å². The predicted molar refractivity (Wildman–Crippen MR) is 103 cm³/mol. The molecule has 0 aliphatic rings. The molecule has 0 bridgehead atoms. The van der Waals surface area contributed by atoms with Crippen molar-refractivity contribution in [2.24, 2.45) is 0 Å². The molecule has 134 valence electrons. The first-order chi connectivity index (χ1) is 11.3. The van der Waals surface area contributed by atoms with Gasteiger partial charge in [0.15, 0.2) is 8.32 Å². The summed E-state index contributed by atoms with van der Waals surface area (Å²) in [6.07, 6.45) is 5.18. The van der Waals surface area contributed by atoms with E-state index in [-0.39, 0.29) is 17.1 Å². The molecule has 0 aliphatic carbocycles. The second-order valence-electron chi connectivity index (χ2n) is 7.03. The summed E-state index contributed by atoms with van der Waals surface area (Å²) in [6.45, 7) is 11.0. The molecular formula is C20H32O3Si. The smallest absolute Gasteiger partial charge is 0.330 e. The summed E-state index contributed by atoms with van der Waals surface area (Å²) in [5, 5.41) is 0. The van der Waals surface area contributed by atoms with Crippen LogP contribution < -0.4 is 0 Å². The standard InChI is InChI=1S/C20H32O3Si/c1-6-7-14-23-20(21)13-12-18-10-8-9-11-19(18)15-24(22,16(2)3)17(4)5/h8-13,16-17,22H,6-7,14-15H2,1-5H3/b13-12+. The molecule has 4 heteroatoms. The summed E-state index contributed by atoms with van der Waals surface area (Å²) >= 11 is 0. The topological polar surface area (TPSA) is 46.5 Å². The number of rotatable bonds is 9. The molecule has 1 rings (SSSR count). The van der Waals surface area contributed by atoms with Gasteiger partial charge in [-0.15, -0.1) is 0 Å². The Morgan fingerprint density at radius 3 is 2.42 bits per heavy atom. The van der Waals surface area contributed by atoms with Crippen molar-refractivity contribution in [2.75, 3.05) is 6.61 Å². The minimum Gasteiger partial charge on any atom is -0.463 e. The number of ether oxygens (including phenoxy) is 1. The Morgan fingerprint density at radius 1 is 1.21 bits per heavy atom. The van der Waals surface area contributed by atoms with Crippen LogP contribution in [0.5, 0.6) is 0 Å². The quantitative estimate of drug-likeness (QED) is 0.299. The van der Waals surface area contributed by atoms with Crippen LogP contribution >= 0.6 is 0 Å². The van der Waals surface area contributed by atoms with Gasteiger partial charge in [0.1, 0.15) is 0 Å². The zero-order valence-corrected chi connectivity index (χ0v) is 16.7. The average Bonchev–Trinajstić information content (AvgIpc) is 2.53. The Morgan fingerprint density at radius 2 is 1.83 bits per heavy atom. The van der Waals surface area contributed by atoms with E-state index in [2.05, 4.69) is 34.6 Å². The van der Waals surface area contributed by atoms with E-state index in [1.807, 2.05) is 24.3 Å². The molecular weight excluding hydrogens is 316 g/mol. The highest BCUT2D eigenvalue weighted by atomic mass is 28.4. The lowest BCUT2D eigenvalue weighted by Crippen LogP contribution is -2.44. The first-order valence-corrected chi connectivity index (χ1v) is 11.3. The molecule has 0 atom stereocenters. The molecule has 1 aromatic carbocycles. The molecule has 0 spiro atoms. The van der Waals surface area contributed by atoms with Gasteiger partial charge < -0.3 is 9.53 Å². The molecule has 0 unspecified atom stereocenters. The number of esters is 1. The molecule has 0 radical (unpaired) electrons. The molecule has 0 heterocycles. The van der Waals surface area contributed by atoms with Gasteiger partial charge in [-0.2, -0.15) is 0 Å². The van der Waals surface area contributed by atoms with Crippen LogP contribution in [0.2, 0.25) is 11.1 Å². The van der Waals surface area contributed by atoms with E-state index in [9.17, 15) is 9.59 Å². The molecule has 0 saturated carbocycles. The lowest BCUT2D eigenvalue weighted by molar-refractivity contribution is -0.137. The predicted octanol–water partition coefficient (Wildman–Crippen LogP) is 4.88. The third-order valence-electron chi connectivity index (χ3n) is 4.67. The van der Waals surface area contributed by atoms with E-state index in [1.165, 1.54) is 6.08 Å². The first kappa shape index (κ1) is 20.7. The Bertz CT molecular complexity index is 542. The summed E-state index contributed by atoms with van der Waals surface area (Å²) in [6, 6.07) is 8.68. The Hall–Kier alpha value is -1.39. The molecule has 0 aromatic heterocycles. The lowest BCUT2D eigenvalue weighted by atomic mass is 10.1. The monoisotopic (exact) mass is 348 g/mol. The SMILES string of the molecule is CCCCOC(=O)/C=C/c1ccccc1C[Si](O)(C(C)C)C(C)C. The Balaban J connectivity index is 2.90. The molecule has 0 amide bonds. The maximum atomic E-state index is 11.8. The molecule has 0 saturated heterocycles. The molecule has 3 nitrogen and oxygen atoms in total. The number of hydrogen-bond donors (Lipinski definition) is 1. The molecule has 24 heavy (non-hydrogen) atoms. The fraction of sp³-hybridized carbons (Fsp3) is 0.550. The van der Waals surface area contributed by atoms with Gasteiger partial charge >= 0.3 is 5.97 Å². The van der Waals surface area contributed by atoms with Gasteiger partial charge in [0.05, 0.1) is 6.61 Å². The van der Waals surface area contributed by atoms with Gasteiger partial charge in [0.2, 0.25) is 0 Å².